The number of carbonyl (C=O) groups excluding carboxylic acids is 1. The van der Waals surface area contributed by atoms with Crippen LogP contribution in [0.25, 0.3) is 0 Å². The van der Waals surface area contributed by atoms with E-state index in [-0.39, 0.29) is 12.3 Å². The smallest absolute Gasteiger partial charge is 0.228 e. The first-order valence-electron chi connectivity index (χ1n) is 7.52. The molecule has 1 amide bonds. The Hall–Kier alpha value is -2.67. The number of nitrogens with zero attached hydrogens (tertiary/aromatic N) is 2. The van der Waals surface area contributed by atoms with Crippen LogP contribution in [0.4, 0.5) is 5.69 Å². The second kappa shape index (κ2) is 7.27. The molecule has 0 bridgehead atoms. The van der Waals surface area contributed by atoms with E-state index in [1.54, 1.807) is 11.6 Å². The molecule has 0 aliphatic rings. The van der Waals surface area contributed by atoms with Crippen molar-refractivity contribution >= 4 is 22.9 Å². The van der Waals surface area contributed by atoms with E-state index in [1.165, 1.54) is 11.3 Å². The van der Waals surface area contributed by atoms with E-state index >= 15 is 0 Å². The van der Waals surface area contributed by atoms with Gasteiger partial charge in [-0.2, -0.15) is 5.10 Å². The van der Waals surface area contributed by atoms with Crippen LogP contribution in [-0.2, 0) is 17.8 Å². The third-order valence-corrected chi connectivity index (χ3v) is 4.24. The lowest BCUT2D eigenvalue weighted by Crippen LogP contribution is -2.15. The fourth-order valence-electron chi connectivity index (χ4n) is 2.33. The van der Waals surface area contributed by atoms with E-state index in [9.17, 15) is 4.79 Å². The second-order valence-electron chi connectivity index (χ2n) is 5.43. The molecule has 0 fully saturated rings. The summed E-state index contributed by atoms with van der Waals surface area (Å²) in [7, 11) is 0. The number of aryl methyl sites for hydroxylation is 2. The van der Waals surface area contributed by atoms with Crippen molar-refractivity contribution in [3.8, 4) is 5.75 Å². The Morgan fingerprint density at radius 2 is 2.25 bits per heavy atom. The van der Waals surface area contributed by atoms with Crippen molar-refractivity contribution in [3.63, 3.8) is 0 Å². The molecule has 2 heterocycles. The number of hydrogen-bond acceptors (Lipinski definition) is 5. The number of amides is 1. The van der Waals surface area contributed by atoms with Crippen molar-refractivity contribution in [3.05, 3.63) is 57.8 Å². The number of ether oxygens (including phenoxy) is 1. The van der Waals surface area contributed by atoms with Crippen molar-refractivity contribution in [1.29, 1.82) is 0 Å². The molecule has 3 aromatic rings. The van der Waals surface area contributed by atoms with Crippen molar-refractivity contribution in [2.24, 2.45) is 0 Å². The Morgan fingerprint density at radius 3 is 2.96 bits per heavy atom. The number of thiazole rings is 1. The average Bonchev–Trinajstić information content (AvgIpc) is 3.19. The van der Waals surface area contributed by atoms with Crippen LogP contribution in [0, 0.1) is 13.8 Å². The van der Waals surface area contributed by atoms with Crippen molar-refractivity contribution < 1.29 is 9.53 Å². The Balaban J connectivity index is 1.60. The van der Waals surface area contributed by atoms with E-state index < -0.39 is 0 Å². The van der Waals surface area contributed by atoms with E-state index in [4.69, 9.17) is 4.74 Å². The molecule has 0 aliphatic carbocycles. The van der Waals surface area contributed by atoms with Gasteiger partial charge in [0.25, 0.3) is 0 Å². The SMILES string of the molecule is Cc1n[nH]c(C)c1CC(=O)Nc1cccc(OCc2cscn2)c1. The molecule has 3 rings (SSSR count). The summed E-state index contributed by atoms with van der Waals surface area (Å²) in [4.78, 5) is 16.4. The number of rotatable bonds is 6. The summed E-state index contributed by atoms with van der Waals surface area (Å²) < 4.78 is 5.69. The standard InChI is InChI=1S/C17H18N4O2S/c1-11-16(12(2)21-20-11)7-17(22)19-13-4-3-5-15(6-13)23-8-14-9-24-10-18-14/h3-6,9-10H,7-8H2,1-2H3,(H,19,22)(H,20,21). The molecule has 0 radical (unpaired) electrons. The Labute approximate surface area is 143 Å². The Morgan fingerprint density at radius 1 is 1.38 bits per heavy atom. The molecule has 2 N–H and O–H groups in total. The minimum Gasteiger partial charge on any atom is -0.487 e. The monoisotopic (exact) mass is 342 g/mol. The maximum Gasteiger partial charge on any atom is 0.228 e. The summed E-state index contributed by atoms with van der Waals surface area (Å²) >= 11 is 1.53. The van der Waals surface area contributed by atoms with Crippen LogP contribution in [0.3, 0.4) is 0 Å². The first kappa shape index (κ1) is 16.2. The highest BCUT2D eigenvalue weighted by molar-refractivity contribution is 7.07. The third-order valence-electron chi connectivity index (χ3n) is 3.61. The van der Waals surface area contributed by atoms with Crippen molar-refractivity contribution in [2.75, 3.05) is 5.32 Å². The Kier molecular flexibility index (Phi) is 4.90. The molecule has 1 aromatic carbocycles. The van der Waals surface area contributed by atoms with Gasteiger partial charge in [-0.3, -0.25) is 9.89 Å². The number of benzene rings is 1. The summed E-state index contributed by atoms with van der Waals surface area (Å²) in [6, 6.07) is 7.34. The summed E-state index contributed by atoms with van der Waals surface area (Å²) in [5, 5.41) is 11.8. The Bertz CT molecular complexity index is 807. The lowest BCUT2D eigenvalue weighted by Gasteiger charge is -2.09. The largest absolute Gasteiger partial charge is 0.487 e. The van der Waals surface area contributed by atoms with Crippen molar-refractivity contribution in [2.45, 2.75) is 26.9 Å². The van der Waals surface area contributed by atoms with Crippen molar-refractivity contribution in [1.82, 2.24) is 15.2 Å². The molecule has 2 aromatic heterocycles. The molecular formula is C17H18N4O2S. The minimum absolute atomic E-state index is 0.0840. The quantitative estimate of drug-likeness (QED) is 0.721. The number of hydrogen-bond donors (Lipinski definition) is 2. The lowest BCUT2D eigenvalue weighted by molar-refractivity contribution is -0.115. The van der Waals surface area contributed by atoms with E-state index in [2.05, 4.69) is 20.5 Å². The fourth-order valence-corrected chi connectivity index (χ4v) is 2.87. The molecule has 0 saturated heterocycles. The van der Waals surface area contributed by atoms with E-state index in [0.717, 1.165) is 22.6 Å². The number of aromatic nitrogens is 3. The molecule has 0 spiro atoms. The van der Waals surface area contributed by atoms with Gasteiger partial charge in [-0.15, -0.1) is 11.3 Å². The van der Waals surface area contributed by atoms with Crippen LogP contribution < -0.4 is 10.1 Å². The summed E-state index contributed by atoms with van der Waals surface area (Å²) in [5.41, 5.74) is 6.07. The second-order valence-corrected chi connectivity index (χ2v) is 6.15. The number of H-pyrrole nitrogens is 1. The third kappa shape index (κ3) is 3.99. The zero-order chi connectivity index (χ0) is 16.9. The summed E-state index contributed by atoms with van der Waals surface area (Å²) in [6.45, 7) is 4.21. The number of nitrogens with one attached hydrogen (secondary N) is 2. The van der Waals surface area contributed by atoms with Gasteiger partial charge >= 0.3 is 0 Å². The van der Waals surface area contributed by atoms with Crippen LogP contribution in [-0.4, -0.2) is 21.1 Å². The minimum atomic E-state index is -0.0840. The highest BCUT2D eigenvalue weighted by atomic mass is 32.1. The van der Waals surface area contributed by atoms with Crippen LogP contribution in [0.15, 0.2) is 35.2 Å². The molecule has 0 aliphatic heterocycles. The van der Waals surface area contributed by atoms with Crippen LogP contribution in [0.1, 0.15) is 22.6 Å². The van der Waals surface area contributed by atoms with Gasteiger partial charge in [0.15, 0.2) is 0 Å². The number of carbonyl (C=O) groups is 1. The van der Waals surface area contributed by atoms with Gasteiger partial charge in [0.1, 0.15) is 12.4 Å². The van der Waals surface area contributed by atoms with Crippen LogP contribution >= 0.6 is 11.3 Å². The fraction of sp³-hybridized carbons (Fsp3) is 0.235. The first-order chi connectivity index (χ1) is 11.6. The molecule has 7 heteroatoms. The molecule has 6 nitrogen and oxygen atoms in total. The van der Waals surface area contributed by atoms with E-state index in [0.29, 0.717) is 18.0 Å². The molecule has 0 saturated carbocycles. The average molecular weight is 342 g/mol. The van der Waals surface area contributed by atoms with Gasteiger partial charge in [-0.1, -0.05) is 6.07 Å². The van der Waals surface area contributed by atoms with Gasteiger partial charge in [-0.25, -0.2) is 4.98 Å². The predicted octanol–water partition coefficient (Wildman–Crippen LogP) is 3.24. The summed E-state index contributed by atoms with van der Waals surface area (Å²) in [5.74, 6) is 0.607. The first-order valence-corrected chi connectivity index (χ1v) is 8.46. The van der Waals surface area contributed by atoms with Crippen LogP contribution in [0.5, 0.6) is 5.75 Å². The van der Waals surface area contributed by atoms with Gasteiger partial charge in [0, 0.05) is 28.4 Å². The van der Waals surface area contributed by atoms with Gasteiger partial charge < -0.3 is 10.1 Å². The zero-order valence-electron chi connectivity index (χ0n) is 13.5. The van der Waals surface area contributed by atoms with Gasteiger partial charge in [-0.05, 0) is 26.0 Å². The zero-order valence-corrected chi connectivity index (χ0v) is 14.3. The molecule has 0 unspecified atom stereocenters. The number of aromatic amines is 1. The maximum absolute atomic E-state index is 12.2. The van der Waals surface area contributed by atoms with Gasteiger partial charge in [0.05, 0.1) is 23.3 Å². The van der Waals surface area contributed by atoms with Crippen LogP contribution in [0.2, 0.25) is 0 Å². The molecular weight excluding hydrogens is 324 g/mol. The normalized spacial score (nSPS) is 10.6. The summed E-state index contributed by atoms with van der Waals surface area (Å²) in [6.07, 6.45) is 0.290. The van der Waals surface area contributed by atoms with E-state index in [1.807, 2.05) is 37.4 Å². The maximum atomic E-state index is 12.2. The topological polar surface area (TPSA) is 79.9 Å². The highest BCUT2D eigenvalue weighted by Gasteiger charge is 2.12. The molecule has 0 atom stereocenters. The molecule has 24 heavy (non-hydrogen) atoms. The highest BCUT2D eigenvalue weighted by Crippen LogP contribution is 2.19. The number of anilines is 1. The lowest BCUT2D eigenvalue weighted by atomic mass is 10.1. The predicted molar refractivity (Wildman–Crippen MR) is 93.3 cm³/mol. The van der Waals surface area contributed by atoms with Gasteiger partial charge in [0.2, 0.25) is 5.91 Å². The molecule has 124 valence electrons.